The van der Waals surface area contributed by atoms with E-state index in [0.29, 0.717) is 6.42 Å². The van der Waals surface area contributed by atoms with Gasteiger partial charge >= 0.3 is 17.1 Å². The molecule has 1 amide bonds. The number of rotatable bonds is 7. The van der Waals surface area contributed by atoms with Crippen LogP contribution in [0.4, 0.5) is 0 Å². The normalized spacial score (nSPS) is 10.7. The van der Waals surface area contributed by atoms with Crippen molar-refractivity contribution in [2.45, 2.75) is 19.4 Å². The molecule has 0 saturated heterocycles. The van der Waals surface area contributed by atoms with Crippen LogP contribution in [0.3, 0.4) is 0 Å². The largest absolute Gasteiger partial charge is 0.369 e. The van der Waals surface area contributed by atoms with Crippen molar-refractivity contribution >= 4 is 17.7 Å². The van der Waals surface area contributed by atoms with Gasteiger partial charge in [0.05, 0.1) is 5.75 Å². The number of carbonyl (C=O) groups is 1. The van der Waals surface area contributed by atoms with Gasteiger partial charge in [0.25, 0.3) is 0 Å². The van der Waals surface area contributed by atoms with Crippen LogP contribution in [0.15, 0.2) is 14.4 Å². The molecule has 0 spiro atoms. The molecule has 8 nitrogen and oxygen atoms in total. The van der Waals surface area contributed by atoms with Gasteiger partial charge in [0, 0.05) is 20.6 Å². The van der Waals surface area contributed by atoms with Crippen molar-refractivity contribution in [3.05, 3.63) is 31.5 Å². The summed E-state index contributed by atoms with van der Waals surface area (Å²) >= 11 is 1.41. The number of aromatic nitrogens is 3. The quantitative estimate of drug-likeness (QED) is 0.600. The highest BCUT2D eigenvalue weighted by Crippen LogP contribution is 2.03. The van der Waals surface area contributed by atoms with E-state index in [9.17, 15) is 19.2 Å². The summed E-state index contributed by atoms with van der Waals surface area (Å²) in [7, 11) is 2.67. The first kappa shape index (κ1) is 16.3. The minimum Gasteiger partial charge on any atom is -0.369 e. The minimum atomic E-state index is -0.631. The average molecular weight is 302 g/mol. The lowest BCUT2D eigenvalue weighted by molar-refractivity contribution is -0.115. The number of hydrogen-bond acceptors (Lipinski definition) is 5. The summed E-state index contributed by atoms with van der Waals surface area (Å²) in [5.74, 6) is 0.629. The lowest BCUT2D eigenvalue weighted by atomic mass is 10.3. The third-order valence-electron chi connectivity index (χ3n) is 2.77. The molecule has 0 atom stereocenters. The standard InChI is InChI=1S/C11H18N4O4S/c1-13-9(17)14(2)11(19)15(10(13)18)5-3-4-6-20-7-8(12)16/h3-7H2,1-2H3,(H2,12,16). The maximum Gasteiger partial charge on any atom is 0.336 e. The molecule has 0 aromatic carbocycles. The highest BCUT2D eigenvalue weighted by Gasteiger charge is 2.09. The third kappa shape index (κ3) is 3.86. The second kappa shape index (κ2) is 7.13. The Morgan fingerprint density at radius 2 is 1.60 bits per heavy atom. The van der Waals surface area contributed by atoms with Gasteiger partial charge in [0.15, 0.2) is 0 Å². The number of hydrogen-bond donors (Lipinski definition) is 1. The monoisotopic (exact) mass is 302 g/mol. The molecule has 1 aromatic rings. The van der Waals surface area contributed by atoms with Gasteiger partial charge in [-0.25, -0.2) is 28.1 Å². The fourth-order valence-corrected chi connectivity index (χ4v) is 2.42. The summed E-state index contributed by atoms with van der Waals surface area (Å²) in [6.07, 6.45) is 1.36. The summed E-state index contributed by atoms with van der Waals surface area (Å²) < 4.78 is 2.85. The van der Waals surface area contributed by atoms with E-state index < -0.39 is 17.1 Å². The molecule has 1 aromatic heterocycles. The predicted molar refractivity (Wildman–Crippen MR) is 76.9 cm³/mol. The molecule has 0 saturated carbocycles. The van der Waals surface area contributed by atoms with E-state index in [-0.39, 0.29) is 18.2 Å². The molecule has 0 aliphatic carbocycles. The van der Waals surface area contributed by atoms with E-state index in [4.69, 9.17) is 5.73 Å². The number of amides is 1. The van der Waals surface area contributed by atoms with E-state index in [1.165, 1.54) is 25.9 Å². The van der Waals surface area contributed by atoms with Crippen LogP contribution >= 0.6 is 11.8 Å². The Morgan fingerprint density at radius 3 is 2.10 bits per heavy atom. The van der Waals surface area contributed by atoms with Crippen molar-refractivity contribution < 1.29 is 4.79 Å². The Bertz CT molecular complexity index is 618. The molecular formula is C11H18N4O4S. The fraction of sp³-hybridized carbons (Fsp3) is 0.636. The first-order valence-electron chi connectivity index (χ1n) is 6.09. The average Bonchev–Trinajstić information content (AvgIpc) is 2.41. The van der Waals surface area contributed by atoms with Gasteiger partial charge in [-0.15, -0.1) is 0 Å². The summed E-state index contributed by atoms with van der Waals surface area (Å²) in [4.78, 5) is 45.7. The van der Waals surface area contributed by atoms with Crippen LogP contribution < -0.4 is 22.8 Å². The Morgan fingerprint density at radius 1 is 1.05 bits per heavy atom. The first-order chi connectivity index (χ1) is 9.36. The molecule has 0 radical (unpaired) electrons. The summed E-state index contributed by atoms with van der Waals surface area (Å²) in [5, 5.41) is 0. The number of nitrogens with zero attached hydrogens (tertiary/aromatic N) is 3. The molecule has 0 aliphatic heterocycles. The van der Waals surface area contributed by atoms with Crippen LogP contribution in [0.5, 0.6) is 0 Å². The van der Waals surface area contributed by atoms with Crippen LogP contribution in [0, 0.1) is 0 Å². The second-order valence-electron chi connectivity index (χ2n) is 4.34. The number of nitrogens with two attached hydrogens (primary N) is 1. The Hall–Kier alpha value is -1.77. The third-order valence-corrected chi connectivity index (χ3v) is 3.84. The SMILES string of the molecule is Cn1c(=O)n(C)c(=O)n(CCCCSCC(N)=O)c1=O. The molecule has 0 unspecified atom stereocenters. The van der Waals surface area contributed by atoms with Crippen LogP contribution in [-0.4, -0.2) is 31.1 Å². The molecule has 9 heteroatoms. The van der Waals surface area contributed by atoms with Gasteiger partial charge in [-0.05, 0) is 18.6 Å². The van der Waals surface area contributed by atoms with Gasteiger partial charge in [-0.2, -0.15) is 11.8 Å². The lowest BCUT2D eigenvalue weighted by Crippen LogP contribution is -2.52. The van der Waals surface area contributed by atoms with E-state index in [1.807, 2.05) is 0 Å². The number of carbonyl (C=O) groups excluding carboxylic acids is 1. The Labute approximate surface area is 119 Å². The summed E-state index contributed by atoms with van der Waals surface area (Å²) in [6.45, 7) is 0.247. The zero-order chi connectivity index (χ0) is 15.3. The molecular weight excluding hydrogens is 284 g/mol. The first-order valence-corrected chi connectivity index (χ1v) is 7.24. The fourth-order valence-electron chi connectivity index (χ4n) is 1.67. The van der Waals surface area contributed by atoms with Crippen molar-refractivity contribution in [3.8, 4) is 0 Å². The van der Waals surface area contributed by atoms with E-state index in [0.717, 1.165) is 25.9 Å². The molecule has 1 rings (SSSR count). The second-order valence-corrected chi connectivity index (χ2v) is 5.45. The Balaban J connectivity index is 2.66. The van der Waals surface area contributed by atoms with Crippen LogP contribution in [0.1, 0.15) is 12.8 Å². The van der Waals surface area contributed by atoms with Crippen molar-refractivity contribution in [1.82, 2.24) is 13.7 Å². The zero-order valence-electron chi connectivity index (χ0n) is 11.5. The maximum absolute atomic E-state index is 11.8. The maximum atomic E-state index is 11.8. The minimum absolute atomic E-state index is 0.247. The zero-order valence-corrected chi connectivity index (χ0v) is 12.3. The van der Waals surface area contributed by atoms with Crippen molar-refractivity contribution in [3.63, 3.8) is 0 Å². The van der Waals surface area contributed by atoms with E-state index in [2.05, 4.69) is 0 Å². The number of unbranched alkanes of at least 4 members (excludes halogenated alkanes) is 1. The van der Waals surface area contributed by atoms with Crippen molar-refractivity contribution in [1.29, 1.82) is 0 Å². The molecule has 2 N–H and O–H groups in total. The summed E-state index contributed by atoms with van der Waals surface area (Å²) in [5.41, 5.74) is 3.16. The number of primary amides is 1. The van der Waals surface area contributed by atoms with Crippen molar-refractivity contribution in [2.75, 3.05) is 11.5 Å². The number of thioether (sulfide) groups is 1. The highest BCUT2D eigenvalue weighted by molar-refractivity contribution is 7.99. The Kier molecular flexibility index (Phi) is 5.81. The van der Waals surface area contributed by atoms with E-state index >= 15 is 0 Å². The van der Waals surface area contributed by atoms with Gasteiger partial charge in [-0.1, -0.05) is 0 Å². The van der Waals surface area contributed by atoms with Crippen LogP contribution in [-0.2, 0) is 25.4 Å². The molecule has 20 heavy (non-hydrogen) atoms. The van der Waals surface area contributed by atoms with Gasteiger partial charge in [0.1, 0.15) is 0 Å². The molecule has 0 aliphatic rings. The highest BCUT2D eigenvalue weighted by atomic mass is 32.2. The van der Waals surface area contributed by atoms with Crippen LogP contribution in [0.25, 0.3) is 0 Å². The van der Waals surface area contributed by atoms with Gasteiger partial charge in [-0.3, -0.25) is 4.79 Å². The van der Waals surface area contributed by atoms with Crippen LogP contribution in [0.2, 0.25) is 0 Å². The predicted octanol–water partition coefficient (Wildman–Crippen LogP) is -1.76. The lowest BCUT2D eigenvalue weighted by Gasteiger charge is -2.08. The summed E-state index contributed by atoms with van der Waals surface area (Å²) in [6, 6.07) is 0. The van der Waals surface area contributed by atoms with Crippen molar-refractivity contribution in [2.24, 2.45) is 19.8 Å². The van der Waals surface area contributed by atoms with Gasteiger partial charge in [0.2, 0.25) is 5.91 Å². The van der Waals surface area contributed by atoms with E-state index in [1.54, 1.807) is 0 Å². The molecule has 0 fully saturated rings. The smallest absolute Gasteiger partial charge is 0.336 e. The molecule has 0 bridgehead atoms. The molecule has 112 valence electrons. The van der Waals surface area contributed by atoms with Gasteiger partial charge < -0.3 is 5.73 Å². The topological polar surface area (TPSA) is 109 Å². The molecule has 1 heterocycles.